The Labute approximate surface area is 158 Å². The highest BCUT2D eigenvalue weighted by Crippen LogP contribution is 2.27. The number of hydrogen-bond donors (Lipinski definition) is 1. The third-order valence-electron chi connectivity index (χ3n) is 4.68. The molecule has 1 fully saturated rings. The molecule has 0 atom stereocenters. The van der Waals surface area contributed by atoms with Crippen LogP contribution in [0.3, 0.4) is 0 Å². The van der Waals surface area contributed by atoms with E-state index in [1.807, 2.05) is 38.1 Å². The summed E-state index contributed by atoms with van der Waals surface area (Å²) in [5, 5.41) is 4.45. The topological polar surface area (TPSA) is 85.8 Å². The van der Waals surface area contributed by atoms with Gasteiger partial charge in [-0.25, -0.2) is 14.6 Å². The van der Waals surface area contributed by atoms with Crippen molar-refractivity contribution in [3.05, 3.63) is 41.2 Å². The number of nitrogens with zero attached hydrogens (tertiary/aromatic N) is 6. The van der Waals surface area contributed by atoms with E-state index in [9.17, 15) is 0 Å². The average molecular weight is 359 g/mol. The minimum Gasteiger partial charge on any atom is -0.382 e. The summed E-state index contributed by atoms with van der Waals surface area (Å²) >= 11 is 0. The molecule has 7 heteroatoms. The Bertz CT molecular complexity index is 1040. The van der Waals surface area contributed by atoms with Crippen LogP contribution in [0, 0.1) is 26.2 Å². The van der Waals surface area contributed by atoms with E-state index in [2.05, 4.69) is 25.9 Å². The first-order valence-electron chi connectivity index (χ1n) is 8.97. The summed E-state index contributed by atoms with van der Waals surface area (Å²) in [7, 11) is 0. The molecule has 0 saturated carbocycles. The number of terminal acetylenes is 1. The Morgan fingerprint density at radius 2 is 1.89 bits per heavy atom. The number of pyridine rings is 1. The molecule has 0 aliphatic carbocycles. The van der Waals surface area contributed by atoms with Crippen LogP contribution in [0.5, 0.6) is 0 Å². The molecule has 0 bridgehead atoms. The molecule has 4 heterocycles. The Morgan fingerprint density at radius 3 is 2.56 bits per heavy atom. The summed E-state index contributed by atoms with van der Waals surface area (Å²) in [6, 6.07) is 7.84. The van der Waals surface area contributed by atoms with Crippen LogP contribution in [-0.2, 0) is 0 Å². The van der Waals surface area contributed by atoms with E-state index in [0.717, 1.165) is 30.3 Å². The predicted octanol–water partition coefficient (Wildman–Crippen LogP) is 2.50. The fourth-order valence-electron chi connectivity index (χ4n) is 3.40. The van der Waals surface area contributed by atoms with Crippen LogP contribution < -0.4 is 10.6 Å². The minimum atomic E-state index is 0.249. The largest absolute Gasteiger partial charge is 0.382 e. The van der Waals surface area contributed by atoms with Gasteiger partial charge in [-0.15, -0.1) is 6.42 Å². The monoisotopic (exact) mass is 359 g/mol. The lowest BCUT2D eigenvalue weighted by atomic mass is 10.1. The number of nitrogen functional groups attached to an aromatic ring is 1. The Morgan fingerprint density at radius 1 is 1.11 bits per heavy atom. The highest BCUT2D eigenvalue weighted by atomic mass is 15.4. The van der Waals surface area contributed by atoms with Gasteiger partial charge in [0.05, 0.1) is 17.0 Å². The molecule has 0 unspecified atom stereocenters. The van der Waals surface area contributed by atoms with Gasteiger partial charge in [-0.3, -0.25) is 0 Å². The van der Waals surface area contributed by atoms with Crippen LogP contribution in [0.2, 0.25) is 0 Å². The number of aromatic nitrogens is 5. The van der Waals surface area contributed by atoms with Crippen molar-refractivity contribution in [1.82, 2.24) is 24.7 Å². The Hall–Kier alpha value is -3.40. The molecule has 1 aliphatic heterocycles. The van der Waals surface area contributed by atoms with E-state index >= 15 is 0 Å². The molecule has 7 nitrogen and oxygen atoms in total. The van der Waals surface area contributed by atoms with Gasteiger partial charge < -0.3 is 10.6 Å². The zero-order chi connectivity index (χ0) is 19.0. The van der Waals surface area contributed by atoms with Gasteiger partial charge in [0.1, 0.15) is 17.3 Å². The maximum absolute atomic E-state index is 6.15. The summed E-state index contributed by atoms with van der Waals surface area (Å²) in [5.41, 5.74) is 9.64. The van der Waals surface area contributed by atoms with E-state index in [1.165, 1.54) is 12.8 Å². The summed E-state index contributed by atoms with van der Waals surface area (Å²) in [5.74, 6) is 4.18. The summed E-state index contributed by atoms with van der Waals surface area (Å²) in [4.78, 5) is 16.1. The van der Waals surface area contributed by atoms with Crippen molar-refractivity contribution in [3.63, 3.8) is 0 Å². The number of aryl methyl sites for hydroxylation is 2. The van der Waals surface area contributed by atoms with Crippen molar-refractivity contribution in [3.8, 4) is 29.7 Å². The predicted molar refractivity (Wildman–Crippen MR) is 106 cm³/mol. The molecule has 136 valence electrons. The molecule has 3 aromatic heterocycles. The molecule has 0 aromatic carbocycles. The van der Waals surface area contributed by atoms with Gasteiger partial charge in [0.25, 0.3) is 5.95 Å². The van der Waals surface area contributed by atoms with Gasteiger partial charge >= 0.3 is 0 Å². The van der Waals surface area contributed by atoms with Crippen LogP contribution >= 0.6 is 0 Å². The highest BCUT2D eigenvalue weighted by molar-refractivity contribution is 5.71. The van der Waals surface area contributed by atoms with Crippen molar-refractivity contribution in [2.24, 2.45) is 0 Å². The number of hydrogen-bond acceptors (Lipinski definition) is 6. The molecule has 1 aliphatic rings. The van der Waals surface area contributed by atoms with E-state index in [-0.39, 0.29) is 5.82 Å². The Balaban J connectivity index is 1.86. The maximum Gasteiger partial charge on any atom is 0.253 e. The molecule has 2 N–H and O–H groups in total. The lowest BCUT2D eigenvalue weighted by Crippen LogP contribution is -2.19. The van der Waals surface area contributed by atoms with Crippen molar-refractivity contribution >= 4 is 11.6 Å². The first-order chi connectivity index (χ1) is 13.1. The fraction of sp³-hybridized carbons (Fsp3) is 0.300. The smallest absolute Gasteiger partial charge is 0.253 e. The third kappa shape index (κ3) is 3.10. The fourth-order valence-corrected chi connectivity index (χ4v) is 3.40. The molecule has 27 heavy (non-hydrogen) atoms. The second-order valence-corrected chi connectivity index (χ2v) is 6.69. The molecular weight excluding hydrogens is 338 g/mol. The van der Waals surface area contributed by atoms with E-state index in [0.29, 0.717) is 22.9 Å². The first-order valence-corrected chi connectivity index (χ1v) is 8.97. The van der Waals surface area contributed by atoms with E-state index < -0.39 is 0 Å². The van der Waals surface area contributed by atoms with Gasteiger partial charge in [0.15, 0.2) is 0 Å². The van der Waals surface area contributed by atoms with Crippen LogP contribution in [0.15, 0.2) is 24.3 Å². The lowest BCUT2D eigenvalue weighted by Gasteiger charge is -2.17. The summed E-state index contributed by atoms with van der Waals surface area (Å²) < 4.78 is 1.67. The Kier molecular flexibility index (Phi) is 4.24. The molecule has 0 spiro atoms. The summed E-state index contributed by atoms with van der Waals surface area (Å²) in [6.45, 7) is 5.90. The quantitative estimate of drug-likeness (QED) is 0.723. The van der Waals surface area contributed by atoms with Gasteiger partial charge in [-0.05, 0) is 44.9 Å². The zero-order valence-corrected chi connectivity index (χ0v) is 15.5. The van der Waals surface area contributed by atoms with Crippen LogP contribution in [-0.4, -0.2) is 37.8 Å². The molecule has 0 amide bonds. The van der Waals surface area contributed by atoms with Crippen molar-refractivity contribution < 1.29 is 0 Å². The molecule has 1 saturated heterocycles. The van der Waals surface area contributed by atoms with Crippen LogP contribution in [0.25, 0.3) is 17.3 Å². The van der Waals surface area contributed by atoms with Crippen LogP contribution in [0.4, 0.5) is 11.6 Å². The number of rotatable bonds is 3. The highest BCUT2D eigenvalue weighted by Gasteiger charge is 2.19. The first kappa shape index (κ1) is 17.0. The zero-order valence-electron chi connectivity index (χ0n) is 15.5. The molecule has 4 rings (SSSR count). The maximum atomic E-state index is 6.15. The van der Waals surface area contributed by atoms with Crippen LogP contribution in [0.1, 0.15) is 29.8 Å². The third-order valence-corrected chi connectivity index (χ3v) is 4.68. The van der Waals surface area contributed by atoms with Gasteiger partial charge in [0.2, 0.25) is 0 Å². The second-order valence-electron chi connectivity index (χ2n) is 6.69. The number of nitrogens with two attached hydrogens (primary N) is 1. The second kappa shape index (κ2) is 6.72. The minimum absolute atomic E-state index is 0.249. The SMILES string of the molecule is C#Cc1c(N)nc(-n2nc(C)cc2C)nc1-c1cccc(N2CCCC2)n1. The summed E-state index contributed by atoms with van der Waals surface area (Å²) in [6.07, 6.45) is 8.07. The average Bonchev–Trinajstić information content (AvgIpc) is 3.31. The van der Waals surface area contributed by atoms with Crippen molar-refractivity contribution in [2.75, 3.05) is 23.7 Å². The van der Waals surface area contributed by atoms with Crippen molar-refractivity contribution in [1.29, 1.82) is 0 Å². The molecular formula is C20H21N7. The molecule has 3 aromatic rings. The van der Waals surface area contributed by atoms with Gasteiger partial charge in [-0.2, -0.15) is 10.1 Å². The van der Waals surface area contributed by atoms with Gasteiger partial charge in [0, 0.05) is 18.8 Å². The van der Waals surface area contributed by atoms with E-state index in [1.54, 1.807) is 4.68 Å². The van der Waals surface area contributed by atoms with Gasteiger partial charge in [-0.1, -0.05) is 12.0 Å². The number of anilines is 2. The normalized spacial score (nSPS) is 13.7. The lowest BCUT2D eigenvalue weighted by molar-refractivity contribution is 0.776. The van der Waals surface area contributed by atoms with Crippen molar-refractivity contribution in [2.45, 2.75) is 26.7 Å². The molecule has 0 radical (unpaired) electrons. The van der Waals surface area contributed by atoms with E-state index in [4.69, 9.17) is 17.1 Å². The standard InChI is InChI=1S/C20H21N7/c1-4-15-18(16-8-7-9-17(22-16)26-10-5-6-11-26)23-20(24-19(15)21)27-14(3)12-13(2)25-27/h1,7-9,12H,5-6,10-11H2,2-3H3,(H2,21,23,24).